The minimum atomic E-state index is -1.22. The average Bonchev–Trinajstić information content (AvgIpc) is 3.28. The lowest BCUT2D eigenvalue weighted by Gasteiger charge is -2.16. The van der Waals surface area contributed by atoms with Gasteiger partial charge in [0, 0.05) is 0 Å². The molecule has 10 nitrogen and oxygen atoms in total. The monoisotopic (exact) mass is 335 g/mol. The number of nitrogens with two attached hydrogens (primary N) is 1. The van der Waals surface area contributed by atoms with Crippen LogP contribution in [-0.4, -0.2) is 60.6 Å². The van der Waals surface area contributed by atoms with Crippen molar-refractivity contribution < 1.29 is 24.5 Å². The van der Waals surface area contributed by atoms with Crippen molar-refractivity contribution in [2.45, 2.75) is 37.4 Å². The molecule has 24 heavy (non-hydrogen) atoms. The van der Waals surface area contributed by atoms with Gasteiger partial charge in [0.15, 0.2) is 17.7 Å². The maximum Gasteiger partial charge on any atom is 0.309 e. The summed E-state index contributed by atoms with van der Waals surface area (Å²) < 4.78 is 12.3. The number of carbonyl (C=O) groups is 1. The third kappa shape index (κ3) is 2.48. The summed E-state index contributed by atoms with van der Waals surface area (Å²) in [6.45, 7) is -0.117. The zero-order valence-electron chi connectivity index (χ0n) is 12.6. The Bertz CT molecular complexity index is 776. The van der Waals surface area contributed by atoms with E-state index in [1.165, 1.54) is 17.2 Å². The second-order valence-electron chi connectivity index (χ2n) is 6.03. The van der Waals surface area contributed by atoms with Gasteiger partial charge in [-0.2, -0.15) is 0 Å². The number of anilines is 1. The number of rotatable bonds is 4. The molecular formula is C14H17N5O5. The number of hydrogen-bond acceptors (Lipinski definition) is 9. The van der Waals surface area contributed by atoms with Gasteiger partial charge >= 0.3 is 5.97 Å². The van der Waals surface area contributed by atoms with Gasteiger partial charge in [-0.05, 0) is 12.8 Å². The second-order valence-corrected chi connectivity index (χ2v) is 6.03. The maximum atomic E-state index is 11.6. The van der Waals surface area contributed by atoms with Crippen LogP contribution in [0.5, 0.6) is 0 Å². The van der Waals surface area contributed by atoms with Crippen LogP contribution in [-0.2, 0) is 14.3 Å². The number of aliphatic hydroxyl groups is 2. The van der Waals surface area contributed by atoms with E-state index in [4.69, 9.17) is 15.2 Å². The summed E-state index contributed by atoms with van der Waals surface area (Å²) in [6, 6.07) is 0. The van der Waals surface area contributed by atoms with Crippen LogP contribution >= 0.6 is 0 Å². The highest BCUT2D eigenvalue weighted by Gasteiger charge is 2.45. The molecule has 10 heteroatoms. The Labute approximate surface area is 136 Å². The topological polar surface area (TPSA) is 146 Å². The third-order valence-electron chi connectivity index (χ3n) is 4.30. The Hall–Kier alpha value is -2.30. The Kier molecular flexibility index (Phi) is 3.59. The van der Waals surface area contributed by atoms with Gasteiger partial charge in [0.05, 0.1) is 12.2 Å². The molecule has 0 radical (unpaired) electrons. The highest BCUT2D eigenvalue weighted by molar-refractivity contribution is 5.81. The van der Waals surface area contributed by atoms with Crippen LogP contribution in [0.2, 0.25) is 0 Å². The largest absolute Gasteiger partial charge is 0.463 e. The Morgan fingerprint density at radius 1 is 1.33 bits per heavy atom. The summed E-state index contributed by atoms with van der Waals surface area (Å²) in [6.07, 6.45) is 0.202. The van der Waals surface area contributed by atoms with E-state index in [9.17, 15) is 15.0 Å². The van der Waals surface area contributed by atoms with Crippen molar-refractivity contribution in [1.82, 2.24) is 19.5 Å². The van der Waals surface area contributed by atoms with Gasteiger partial charge in [0.25, 0.3) is 0 Å². The number of aliphatic hydroxyl groups excluding tert-OH is 2. The molecule has 0 bridgehead atoms. The maximum absolute atomic E-state index is 11.6. The fraction of sp³-hybridized carbons (Fsp3) is 0.571. The van der Waals surface area contributed by atoms with Crippen molar-refractivity contribution in [2.24, 2.45) is 5.92 Å². The summed E-state index contributed by atoms with van der Waals surface area (Å²) in [5.74, 6) is -0.124. The van der Waals surface area contributed by atoms with Crippen molar-refractivity contribution in [2.75, 3.05) is 12.3 Å². The van der Waals surface area contributed by atoms with Crippen LogP contribution < -0.4 is 5.73 Å². The van der Waals surface area contributed by atoms with Gasteiger partial charge < -0.3 is 25.4 Å². The highest BCUT2D eigenvalue weighted by Crippen LogP contribution is 2.33. The number of nitrogen functional groups attached to an aromatic ring is 1. The van der Waals surface area contributed by atoms with Crippen molar-refractivity contribution in [3.63, 3.8) is 0 Å². The fourth-order valence-corrected chi connectivity index (χ4v) is 2.75. The predicted octanol–water partition coefficient (Wildman–Crippen LogP) is -1.02. The van der Waals surface area contributed by atoms with Crippen LogP contribution in [0.25, 0.3) is 11.2 Å². The summed E-state index contributed by atoms with van der Waals surface area (Å²) in [4.78, 5) is 23.6. The van der Waals surface area contributed by atoms with Gasteiger partial charge in [-0.15, -0.1) is 0 Å². The van der Waals surface area contributed by atoms with Gasteiger partial charge in [0.2, 0.25) is 0 Å². The smallest absolute Gasteiger partial charge is 0.309 e. The van der Waals surface area contributed by atoms with Crippen LogP contribution in [0.15, 0.2) is 12.7 Å². The molecule has 1 aliphatic heterocycles. The van der Waals surface area contributed by atoms with Crippen molar-refractivity contribution in [3.05, 3.63) is 12.7 Å². The number of fused-ring (bicyclic) bond motifs is 1. The molecule has 128 valence electrons. The number of esters is 1. The summed E-state index contributed by atoms with van der Waals surface area (Å²) in [5.41, 5.74) is 6.50. The lowest BCUT2D eigenvalue weighted by atomic mass is 10.1. The molecule has 0 spiro atoms. The summed E-state index contributed by atoms with van der Waals surface area (Å²) >= 11 is 0. The van der Waals surface area contributed by atoms with Crippen LogP contribution in [0.1, 0.15) is 19.1 Å². The van der Waals surface area contributed by atoms with E-state index in [0.717, 1.165) is 12.8 Å². The van der Waals surface area contributed by atoms with Crippen LogP contribution in [0, 0.1) is 5.92 Å². The number of ether oxygens (including phenoxy) is 2. The van der Waals surface area contributed by atoms with Gasteiger partial charge in [-0.3, -0.25) is 9.36 Å². The van der Waals surface area contributed by atoms with E-state index in [2.05, 4.69) is 15.0 Å². The molecule has 0 unspecified atom stereocenters. The normalized spacial score (nSPS) is 29.9. The zero-order chi connectivity index (χ0) is 16.8. The van der Waals surface area contributed by atoms with Gasteiger partial charge in [0.1, 0.15) is 36.8 Å². The molecule has 4 rings (SSSR count). The van der Waals surface area contributed by atoms with Crippen molar-refractivity contribution in [1.29, 1.82) is 0 Å². The number of nitrogens with zero attached hydrogens (tertiary/aromatic N) is 4. The minimum absolute atomic E-state index is 0.0402. The Balaban J connectivity index is 1.52. The van der Waals surface area contributed by atoms with Gasteiger partial charge in [-0.25, -0.2) is 15.0 Å². The first-order chi connectivity index (χ1) is 11.6. The first-order valence-electron chi connectivity index (χ1n) is 7.67. The highest BCUT2D eigenvalue weighted by atomic mass is 16.6. The summed E-state index contributed by atoms with van der Waals surface area (Å²) in [7, 11) is 0. The van der Waals surface area contributed by atoms with Crippen molar-refractivity contribution >= 4 is 23.0 Å². The first kappa shape index (κ1) is 15.2. The number of imidazole rings is 1. The lowest BCUT2D eigenvalue weighted by Crippen LogP contribution is -2.34. The Morgan fingerprint density at radius 2 is 2.12 bits per heavy atom. The van der Waals surface area contributed by atoms with Crippen LogP contribution in [0.4, 0.5) is 5.82 Å². The molecule has 2 fully saturated rings. The molecule has 0 amide bonds. The fourth-order valence-electron chi connectivity index (χ4n) is 2.75. The number of carbonyl (C=O) groups excluding carboxylic acids is 1. The molecule has 3 heterocycles. The predicted molar refractivity (Wildman–Crippen MR) is 79.3 cm³/mol. The SMILES string of the molecule is Nc1ncnc2c1ncn2[C@@H]1O[C@H](COC(=O)C2CC2)[C@@H](O)[C@H]1O. The van der Waals surface area contributed by atoms with E-state index < -0.39 is 24.5 Å². The Morgan fingerprint density at radius 3 is 2.88 bits per heavy atom. The van der Waals surface area contributed by atoms with E-state index in [0.29, 0.717) is 11.2 Å². The molecule has 1 saturated carbocycles. The average molecular weight is 335 g/mol. The first-order valence-corrected chi connectivity index (χ1v) is 7.67. The molecule has 1 saturated heterocycles. The lowest BCUT2D eigenvalue weighted by molar-refractivity contribution is -0.151. The van der Waals surface area contributed by atoms with Crippen molar-refractivity contribution in [3.8, 4) is 0 Å². The van der Waals surface area contributed by atoms with E-state index >= 15 is 0 Å². The van der Waals surface area contributed by atoms with Gasteiger partial charge in [-0.1, -0.05) is 0 Å². The van der Waals surface area contributed by atoms with E-state index in [1.807, 2.05) is 0 Å². The number of aromatic nitrogens is 4. The third-order valence-corrected chi connectivity index (χ3v) is 4.30. The summed E-state index contributed by atoms with van der Waals surface area (Å²) in [5, 5.41) is 20.4. The molecule has 2 aromatic heterocycles. The molecule has 0 aromatic carbocycles. The minimum Gasteiger partial charge on any atom is -0.463 e. The molecular weight excluding hydrogens is 318 g/mol. The van der Waals surface area contributed by atoms with E-state index in [-0.39, 0.29) is 24.3 Å². The molecule has 4 atom stereocenters. The second kappa shape index (κ2) is 5.65. The molecule has 1 aliphatic carbocycles. The van der Waals surface area contributed by atoms with E-state index in [1.54, 1.807) is 0 Å². The quantitative estimate of drug-likeness (QED) is 0.597. The number of hydrogen-bond donors (Lipinski definition) is 3. The molecule has 4 N–H and O–H groups in total. The molecule has 2 aliphatic rings. The van der Waals surface area contributed by atoms with Crippen LogP contribution in [0.3, 0.4) is 0 Å². The standard InChI is InChI=1S/C14H17N5O5/c15-11-8-12(17-4-16-11)19(5-18-8)13-10(21)9(20)7(24-13)3-23-14(22)6-1-2-6/h4-7,9-10,13,20-21H,1-3H2,(H2,15,16,17)/t7-,9-,10-,13-/m1/s1. The zero-order valence-corrected chi connectivity index (χ0v) is 12.6. The molecule has 2 aromatic rings.